The highest BCUT2D eigenvalue weighted by molar-refractivity contribution is 5.91. The summed E-state index contributed by atoms with van der Waals surface area (Å²) in [6.07, 6.45) is 6.60. The lowest BCUT2D eigenvalue weighted by Crippen LogP contribution is -2.01. The predicted octanol–water partition coefficient (Wildman–Crippen LogP) is 1.85. The Balaban J connectivity index is 4.46. The molecule has 0 bridgehead atoms. The summed E-state index contributed by atoms with van der Waals surface area (Å²) in [7, 11) is 1.35. The number of hydrogen-bond acceptors (Lipinski definition) is 2. The minimum Gasteiger partial charge on any atom is -0.465 e. The fourth-order valence-electron chi connectivity index (χ4n) is 0.616. The molecule has 0 aromatic rings. The fourth-order valence-corrected chi connectivity index (χ4v) is 0.616. The van der Waals surface area contributed by atoms with E-state index in [1.807, 2.05) is 6.92 Å². The Labute approximate surface area is 66.9 Å². The Bertz CT molecular complexity index is 200. The molecule has 0 aliphatic rings. The summed E-state index contributed by atoms with van der Waals surface area (Å²) in [5.74, 6) is -0.344. The van der Waals surface area contributed by atoms with Gasteiger partial charge in [-0.15, -0.1) is 0 Å². The molecule has 2 nitrogen and oxygen atoms in total. The van der Waals surface area contributed by atoms with Crippen molar-refractivity contribution in [2.45, 2.75) is 6.92 Å². The fraction of sp³-hybridized carbons (Fsp3) is 0.222. The summed E-state index contributed by atoms with van der Waals surface area (Å²) >= 11 is 0. The summed E-state index contributed by atoms with van der Waals surface area (Å²) in [5.41, 5.74) is 0.505. The molecule has 0 heterocycles. The molecule has 0 rings (SSSR count). The van der Waals surface area contributed by atoms with Crippen LogP contribution in [-0.2, 0) is 9.53 Å². The molecule has 0 aromatic heterocycles. The van der Waals surface area contributed by atoms with Gasteiger partial charge >= 0.3 is 5.97 Å². The second kappa shape index (κ2) is 5.47. The first-order chi connectivity index (χ1) is 5.26. The van der Waals surface area contributed by atoms with E-state index >= 15 is 0 Å². The van der Waals surface area contributed by atoms with Crippen molar-refractivity contribution in [1.82, 2.24) is 0 Å². The molecule has 0 unspecified atom stereocenters. The first kappa shape index (κ1) is 9.69. The van der Waals surface area contributed by atoms with Crippen molar-refractivity contribution in [1.29, 1.82) is 0 Å². The zero-order chi connectivity index (χ0) is 8.69. The van der Waals surface area contributed by atoms with Crippen molar-refractivity contribution in [3.05, 3.63) is 36.5 Å². The van der Waals surface area contributed by atoms with Gasteiger partial charge in [0.15, 0.2) is 0 Å². The van der Waals surface area contributed by atoms with Gasteiger partial charge in [-0.1, -0.05) is 24.8 Å². The van der Waals surface area contributed by atoms with Crippen molar-refractivity contribution in [2.24, 2.45) is 0 Å². The van der Waals surface area contributed by atoms with E-state index in [4.69, 9.17) is 0 Å². The molecule has 0 aliphatic carbocycles. The third-order valence-electron chi connectivity index (χ3n) is 1.06. The van der Waals surface area contributed by atoms with Gasteiger partial charge in [-0.2, -0.15) is 0 Å². The number of esters is 1. The lowest BCUT2D eigenvalue weighted by molar-refractivity contribution is -0.135. The molecule has 11 heavy (non-hydrogen) atoms. The van der Waals surface area contributed by atoms with Crippen LogP contribution < -0.4 is 0 Å². The molecule has 0 spiro atoms. The highest BCUT2D eigenvalue weighted by Crippen LogP contribution is 1.99. The van der Waals surface area contributed by atoms with Crippen LogP contribution in [0, 0.1) is 0 Å². The number of ether oxygens (including phenoxy) is 1. The summed E-state index contributed by atoms with van der Waals surface area (Å²) in [6.45, 7) is 5.31. The number of methoxy groups -OCH3 is 1. The van der Waals surface area contributed by atoms with Crippen LogP contribution in [0.2, 0.25) is 0 Å². The normalized spacial score (nSPS) is 11.6. The van der Waals surface area contributed by atoms with Crippen LogP contribution in [0.4, 0.5) is 0 Å². The van der Waals surface area contributed by atoms with E-state index in [1.165, 1.54) is 7.11 Å². The molecule has 0 radical (unpaired) electrons. The smallest absolute Gasteiger partial charge is 0.337 e. The molecule has 0 saturated heterocycles. The van der Waals surface area contributed by atoms with Gasteiger partial charge < -0.3 is 4.74 Å². The van der Waals surface area contributed by atoms with Gasteiger partial charge in [0.05, 0.1) is 12.7 Å². The van der Waals surface area contributed by atoms with Crippen molar-refractivity contribution < 1.29 is 9.53 Å². The molecule has 0 saturated carbocycles. The maximum atomic E-state index is 10.9. The highest BCUT2D eigenvalue weighted by Gasteiger charge is 2.02. The van der Waals surface area contributed by atoms with Gasteiger partial charge in [0.25, 0.3) is 0 Å². The zero-order valence-electron chi connectivity index (χ0n) is 6.83. The summed E-state index contributed by atoms with van der Waals surface area (Å²) in [5, 5.41) is 0. The van der Waals surface area contributed by atoms with Crippen molar-refractivity contribution in [3.63, 3.8) is 0 Å². The topological polar surface area (TPSA) is 26.3 Å². The van der Waals surface area contributed by atoms with E-state index in [2.05, 4.69) is 11.3 Å². The Morgan fingerprint density at radius 2 is 2.18 bits per heavy atom. The average molecular weight is 152 g/mol. The van der Waals surface area contributed by atoms with Gasteiger partial charge in [0.2, 0.25) is 0 Å². The van der Waals surface area contributed by atoms with Gasteiger partial charge in [0, 0.05) is 0 Å². The van der Waals surface area contributed by atoms with Crippen LogP contribution in [0.3, 0.4) is 0 Å². The maximum Gasteiger partial charge on any atom is 0.337 e. The van der Waals surface area contributed by atoms with E-state index in [0.29, 0.717) is 5.57 Å². The molecule has 60 valence electrons. The minimum absolute atomic E-state index is 0.344. The van der Waals surface area contributed by atoms with Crippen molar-refractivity contribution >= 4 is 5.97 Å². The Morgan fingerprint density at radius 3 is 2.55 bits per heavy atom. The first-order valence-electron chi connectivity index (χ1n) is 3.30. The second-order valence-corrected chi connectivity index (χ2v) is 1.85. The van der Waals surface area contributed by atoms with E-state index in [9.17, 15) is 4.79 Å². The summed E-state index contributed by atoms with van der Waals surface area (Å²) in [4.78, 5) is 10.9. The standard InChI is InChI=1S/C9H12O2/c1-4-6-8(7-5-2)9(10)11-3/h4-7H,1H2,2-3H3/b7-5+,8-6+. The predicted molar refractivity (Wildman–Crippen MR) is 45.1 cm³/mol. The molecule has 0 amide bonds. The molecule has 0 aliphatic heterocycles. The van der Waals surface area contributed by atoms with E-state index < -0.39 is 0 Å². The molecular weight excluding hydrogens is 140 g/mol. The van der Waals surface area contributed by atoms with Gasteiger partial charge in [-0.25, -0.2) is 4.79 Å². The van der Waals surface area contributed by atoms with Crippen LogP contribution >= 0.6 is 0 Å². The maximum absolute atomic E-state index is 10.9. The van der Waals surface area contributed by atoms with Crippen LogP contribution in [0.5, 0.6) is 0 Å². The lowest BCUT2D eigenvalue weighted by atomic mass is 10.2. The van der Waals surface area contributed by atoms with E-state index in [0.717, 1.165) is 0 Å². The first-order valence-corrected chi connectivity index (χ1v) is 3.30. The third-order valence-corrected chi connectivity index (χ3v) is 1.06. The zero-order valence-corrected chi connectivity index (χ0v) is 6.83. The number of hydrogen-bond donors (Lipinski definition) is 0. The Hall–Kier alpha value is -1.31. The van der Waals surface area contributed by atoms with Gasteiger partial charge in [-0.05, 0) is 13.0 Å². The Morgan fingerprint density at radius 1 is 1.55 bits per heavy atom. The van der Waals surface area contributed by atoms with Crippen LogP contribution in [0.15, 0.2) is 36.5 Å². The molecule has 0 N–H and O–H groups in total. The van der Waals surface area contributed by atoms with Gasteiger partial charge in [-0.3, -0.25) is 0 Å². The Kier molecular flexibility index (Phi) is 4.82. The minimum atomic E-state index is -0.344. The number of carbonyl (C=O) groups is 1. The highest BCUT2D eigenvalue weighted by atomic mass is 16.5. The van der Waals surface area contributed by atoms with Crippen LogP contribution in [-0.4, -0.2) is 13.1 Å². The van der Waals surface area contributed by atoms with Crippen LogP contribution in [0.25, 0.3) is 0 Å². The molecule has 0 aromatic carbocycles. The van der Waals surface area contributed by atoms with Crippen molar-refractivity contribution in [2.75, 3.05) is 7.11 Å². The summed E-state index contributed by atoms with van der Waals surface area (Å²) < 4.78 is 4.51. The van der Waals surface area contributed by atoms with Gasteiger partial charge in [0.1, 0.15) is 0 Å². The monoisotopic (exact) mass is 152 g/mol. The largest absolute Gasteiger partial charge is 0.465 e. The lowest BCUT2D eigenvalue weighted by Gasteiger charge is -1.96. The molecule has 0 fully saturated rings. The van der Waals surface area contributed by atoms with Crippen molar-refractivity contribution in [3.8, 4) is 0 Å². The number of allylic oxidation sites excluding steroid dienone is 3. The molecule has 0 atom stereocenters. The number of carbonyl (C=O) groups excluding carboxylic acids is 1. The average Bonchev–Trinajstić information content (AvgIpc) is 2.03. The second-order valence-electron chi connectivity index (χ2n) is 1.85. The summed E-state index contributed by atoms with van der Waals surface area (Å²) in [6, 6.07) is 0. The third kappa shape index (κ3) is 3.40. The number of rotatable bonds is 3. The SMILES string of the molecule is C=C/C=C(\C=C\C)C(=O)OC. The van der Waals surface area contributed by atoms with E-state index in [1.54, 1.807) is 24.3 Å². The quantitative estimate of drug-likeness (QED) is 0.350. The van der Waals surface area contributed by atoms with E-state index in [-0.39, 0.29) is 5.97 Å². The molecular formula is C9H12O2. The molecule has 2 heteroatoms. The van der Waals surface area contributed by atoms with Crippen LogP contribution in [0.1, 0.15) is 6.92 Å².